The molecule has 4 heteroatoms. The largest absolute Gasteiger partial charge is 0.343 e. The van der Waals surface area contributed by atoms with Crippen LogP contribution in [-0.2, 0) is 9.59 Å². The maximum atomic E-state index is 11.3. The summed E-state index contributed by atoms with van der Waals surface area (Å²) in [6, 6.07) is -0.763. The van der Waals surface area contributed by atoms with E-state index in [1.165, 1.54) is 0 Å². The van der Waals surface area contributed by atoms with E-state index in [0.717, 1.165) is 0 Å². The fourth-order valence-electron chi connectivity index (χ4n) is 1.18. The number of hydrogen-bond donors (Lipinski definition) is 2. The first-order valence-electron chi connectivity index (χ1n) is 4.13. The van der Waals surface area contributed by atoms with Crippen LogP contribution in [0, 0.1) is 5.92 Å². The first kappa shape index (κ1) is 9.03. The Kier molecular flexibility index (Phi) is 2.35. The van der Waals surface area contributed by atoms with Crippen molar-refractivity contribution in [3.05, 3.63) is 0 Å². The molecule has 0 radical (unpaired) electrons. The van der Waals surface area contributed by atoms with E-state index in [2.05, 4.69) is 10.6 Å². The molecule has 4 nitrogen and oxygen atoms in total. The number of rotatable bonds is 1. The highest BCUT2D eigenvalue weighted by Crippen LogP contribution is 2.06. The van der Waals surface area contributed by atoms with E-state index >= 15 is 0 Å². The molecule has 1 aliphatic heterocycles. The molecule has 1 rings (SSSR count). The van der Waals surface area contributed by atoms with Crippen molar-refractivity contribution in [2.24, 2.45) is 5.92 Å². The van der Waals surface area contributed by atoms with E-state index in [9.17, 15) is 9.59 Å². The van der Waals surface area contributed by atoms with E-state index in [-0.39, 0.29) is 23.8 Å². The Balaban J connectivity index is 2.68. The molecule has 0 aromatic heterocycles. The Hall–Kier alpha value is -1.06. The van der Waals surface area contributed by atoms with Crippen molar-refractivity contribution < 1.29 is 9.59 Å². The van der Waals surface area contributed by atoms with Gasteiger partial charge in [0.2, 0.25) is 11.8 Å². The average Bonchev–Trinajstić information content (AvgIpc) is 1.96. The topological polar surface area (TPSA) is 58.2 Å². The molecule has 0 aromatic rings. The second-order valence-corrected chi connectivity index (χ2v) is 3.46. The predicted molar refractivity (Wildman–Crippen MR) is 44.4 cm³/mol. The van der Waals surface area contributed by atoms with Crippen LogP contribution in [0.2, 0.25) is 0 Å². The first-order chi connectivity index (χ1) is 5.52. The molecule has 0 aliphatic carbocycles. The van der Waals surface area contributed by atoms with E-state index in [0.29, 0.717) is 0 Å². The van der Waals surface area contributed by atoms with Crippen molar-refractivity contribution in [3.8, 4) is 0 Å². The minimum absolute atomic E-state index is 0.0860. The normalized spacial score (nSPS) is 30.0. The van der Waals surface area contributed by atoms with Crippen molar-refractivity contribution in [1.29, 1.82) is 0 Å². The lowest BCUT2D eigenvalue weighted by Gasteiger charge is -2.29. The predicted octanol–water partition coefficient (Wildman–Crippen LogP) is -0.355. The van der Waals surface area contributed by atoms with Crippen LogP contribution in [0.4, 0.5) is 0 Å². The van der Waals surface area contributed by atoms with Crippen molar-refractivity contribution in [2.45, 2.75) is 32.9 Å². The van der Waals surface area contributed by atoms with Gasteiger partial charge in [-0.05, 0) is 12.8 Å². The van der Waals surface area contributed by atoms with Gasteiger partial charge >= 0.3 is 0 Å². The Morgan fingerprint density at radius 2 is 1.75 bits per heavy atom. The number of nitrogens with one attached hydrogen (secondary N) is 2. The van der Waals surface area contributed by atoms with Gasteiger partial charge in [-0.3, -0.25) is 9.59 Å². The Labute approximate surface area is 71.7 Å². The van der Waals surface area contributed by atoms with Crippen LogP contribution < -0.4 is 10.6 Å². The summed E-state index contributed by atoms with van der Waals surface area (Å²) in [6.07, 6.45) is 0. The standard InChI is InChI=1S/C8H14N2O2/c1-4(2)6-8(12)9-5(3)7(11)10-6/h4-6H,1-3H3,(H,9,12)(H,10,11). The summed E-state index contributed by atoms with van der Waals surface area (Å²) in [6.45, 7) is 5.48. The van der Waals surface area contributed by atoms with Crippen LogP contribution in [0.3, 0.4) is 0 Å². The van der Waals surface area contributed by atoms with Gasteiger partial charge in [0.15, 0.2) is 0 Å². The van der Waals surface area contributed by atoms with Gasteiger partial charge in [0.1, 0.15) is 12.1 Å². The number of carbonyl (C=O) groups is 2. The molecule has 1 heterocycles. The zero-order valence-corrected chi connectivity index (χ0v) is 7.55. The van der Waals surface area contributed by atoms with Crippen LogP contribution >= 0.6 is 0 Å². The lowest BCUT2D eigenvalue weighted by Crippen LogP contribution is -2.62. The van der Waals surface area contributed by atoms with E-state index in [1.807, 2.05) is 13.8 Å². The van der Waals surface area contributed by atoms with Gasteiger partial charge in [0.25, 0.3) is 0 Å². The summed E-state index contributed by atoms with van der Waals surface area (Å²) >= 11 is 0. The fraction of sp³-hybridized carbons (Fsp3) is 0.750. The third-order valence-corrected chi connectivity index (χ3v) is 2.00. The van der Waals surface area contributed by atoms with E-state index < -0.39 is 6.04 Å². The van der Waals surface area contributed by atoms with Crippen LogP contribution in [0.1, 0.15) is 20.8 Å². The number of piperazine rings is 1. The molecule has 0 saturated carbocycles. The number of carbonyl (C=O) groups excluding carboxylic acids is 2. The highest BCUT2D eigenvalue weighted by Gasteiger charge is 2.32. The van der Waals surface area contributed by atoms with Crippen LogP contribution in [-0.4, -0.2) is 23.9 Å². The summed E-state index contributed by atoms with van der Waals surface area (Å²) in [5, 5.41) is 5.27. The monoisotopic (exact) mass is 170 g/mol. The molecule has 2 N–H and O–H groups in total. The summed E-state index contributed by atoms with van der Waals surface area (Å²) < 4.78 is 0. The summed E-state index contributed by atoms with van der Waals surface area (Å²) in [7, 11) is 0. The molecule has 12 heavy (non-hydrogen) atoms. The zero-order chi connectivity index (χ0) is 9.30. The molecule has 1 saturated heterocycles. The highest BCUT2D eigenvalue weighted by atomic mass is 16.2. The first-order valence-corrected chi connectivity index (χ1v) is 4.13. The van der Waals surface area contributed by atoms with Crippen molar-refractivity contribution in [3.63, 3.8) is 0 Å². The molecule has 2 amide bonds. The van der Waals surface area contributed by atoms with Crippen LogP contribution in [0.5, 0.6) is 0 Å². The molecule has 2 atom stereocenters. The maximum Gasteiger partial charge on any atom is 0.243 e. The third-order valence-electron chi connectivity index (χ3n) is 2.00. The summed E-state index contributed by atoms with van der Waals surface area (Å²) in [5.41, 5.74) is 0. The Morgan fingerprint density at radius 3 is 2.25 bits per heavy atom. The second-order valence-electron chi connectivity index (χ2n) is 3.46. The average molecular weight is 170 g/mol. The van der Waals surface area contributed by atoms with E-state index in [4.69, 9.17) is 0 Å². The molecule has 68 valence electrons. The van der Waals surface area contributed by atoms with Crippen molar-refractivity contribution >= 4 is 11.8 Å². The van der Waals surface area contributed by atoms with Gasteiger partial charge in [-0.15, -0.1) is 0 Å². The molecular weight excluding hydrogens is 156 g/mol. The SMILES string of the molecule is CC1NC(=O)C(C(C)C)NC1=O. The smallest absolute Gasteiger partial charge is 0.243 e. The lowest BCUT2D eigenvalue weighted by molar-refractivity contribution is -0.137. The maximum absolute atomic E-state index is 11.3. The van der Waals surface area contributed by atoms with Crippen molar-refractivity contribution in [2.75, 3.05) is 0 Å². The van der Waals surface area contributed by atoms with Gasteiger partial charge in [0, 0.05) is 0 Å². The van der Waals surface area contributed by atoms with Gasteiger partial charge in [-0.2, -0.15) is 0 Å². The third kappa shape index (κ3) is 1.57. The number of hydrogen-bond acceptors (Lipinski definition) is 2. The molecule has 0 spiro atoms. The van der Waals surface area contributed by atoms with Crippen LogP contribution in [0.25, 0.3) is 0 Å². The molecule has 2 unspecified atom stereocenters. The minimum atomic E-state index is -0.396. The summed E-state index contributed by atoms with van der Waals surface area (Å²) in [5.74, 6) is -0.0492. The second kappa shape index (κ2) is 3.13. The molecule has 1 aliphatic rings. The van der Waals surface area contributed by atoms with E-state index in [1.54, 1.807) is 6.92 Å². The van der Waals surface area contributed by atoms with Crippen molar-refractivity contribution in [1.82, 2.24) is 10.6 Å². The van der Waals surface area contributed by atoms with Gasteiger partial charge in [0.05, 0.1) is 0 Å². The van der Waals surface area contributed by atoms with Crippen LogP contribution in [0.15, 0.2) is 0 Å². The quantitative estimate of drug-likeness (QED) is 0.565. The van der Waals surface area contributed by atoms with Gasteiger partial charge in [-0.25, -0.2) is 0 Å². The Morgan fingerprint density at radius 1 is 1.17 bits per heavy atom. The fourth-order valence-corrected chi connectivity index (χ4v) is 1.18. The highest BCUT2D eigenvalue weighted by molar-refractivity contribution is 5.96. The lowest BCUT2D eigenvalue weighted by atomic mass is 10.0. The molecular formula is C8H14N2O2. The minimum Gasteiger partial charge on any atom is -0.343 e. The Bertz CT molecular complexity index is 213. The molecule has 1 fully saturated rings. The van der Waals surface area contributed by atoms with Gasteiger partial charge in [-0.1, -0.05) is 13.8 Å². The molecule has 0 bridgehead atoms. The molecule has 0 aromatic carbocycles. The number of amides is 2. The van der Waals surface area contributed by atoms with Gasteiger partial charge < -0.3 is 10.6 Å². The summed E-state index contributed by atoms with van der Waals surface area (Å²) in [4.78, 5) is 22.4. The zero-order valence-electron chi connectivity index (χ0n) is 7.55.